The fourth-order valence-electron chi connectivity index (χ4n) is 4.07. The van der Waals surface area contributed by atoms with Crippen molar-refractivity contribution >= 4 is 11.1 Å². The van der Waals surface area contributed by atoms with Crippen LogP contribution in [0.15, 0.2) is 78.9 Å². The van der Waals surface area contributed by atoms with Crippen LogP contribution in [-0.4, -0.2) is 31.1 Å². The first-order chi connectivity index (χ1) is 14.7. The van der Waals surface area contributed by atoms with Crippen molar-refractivity contribution in [3.05, 3.63) is 101 Å². The first kappa shape index (κ1) is 20.4. The summed E-state index contributed by atoms with van der Waals surface area (Å²) >= 11 is 0. The van der Waals surface area contributed by atoms with Gasteiger partial charge in [0.05, 0.1) is 0 Å². The Morgan fingerprint density at radius 1 is 0.800 bits per heavy atom. The zero-order chi connectivity index (χ0) is 20.8. The number of halogens is 1. The Labute approximate surface area is 178 Å². The first-order valence-electron chi connectivity index (χ1n) is 10.7. The molecule has 3 aromatic rings. The number of ether oxygens (including phenoxy) is 1. The predicted molar refractivity (Wildman–Crippen MR) is 122 cm³/mol. The van der Waals surface area contributed by atoms with E-state index < -0.39 is 0 Å². The van der Waals surface area contributed by atoms with Crippen molar-refractivity contribution in [1.29, 1.82) is 0 Å². The van der Waals surface area contributed by atoms with E-state index in [9.17, 15) is 4.39 Å². The number of benzene rings is 3. The van der Waals surface area contributed by atoms with Gasteiger partial charge in [-0.05, 0) is 85.0 Å². The van der Waals surface area contributed by atoms with Gasteiger partial charge in [-0.2, -0.15) is 0 Å². The normalized spacial score (nSPS) is 15.1. The molecule has 3 aromatic carbocycles. The Morgan fingerprint density at radius 2 is 1.40 bits per heavy atom. The van der Waals surface area contributed by atoms with Gasteiger partial charge >= 0.3 is 0 Å². The van der Waals surface area contributed by atoms with Crippen LogP contribution in [0.1, 0.15) is 36.5 Å². The third kappa shape index (κ3) is 4.98. The van der Waals surface area contributed by atoms with Crippen LogP contribution < -0.4 is 4.74 Å². The lowest BCUT2D eigenvalue weighted by molar-refractivity contribution is 0.238. The minimum Gasteiger partial charge on any atom is -0.492 e. The quantitative estimate of drug-likeness (QED) is 0.432. The monoisotopic (exact) mass is 401 g/mol. The molecule has 0 aromatic heterocycles. The summed E-state index contributed by atoms with van der Waals surface area (Å²) in [5, 5.41) is 0. The van der Waals surface area contributed by atoms with Crippen LogP contribution in [0.4, 0.5) is 4.39 Å². The number of hydrogen-bond donors (Lipinski definition) is 0. The lowest BCUT2D eigenvalue weighted by atomic mass is 9.90. The molecule has 1 aliphatic heterocycles. The van der Waals surface area contributed by atoms with Gasteiger partial charge in [-0.25, -0.2) is 4.39 Å². The lowest BCUT2D eigenvalue weighted by Crippen LogP contribution is -2.25. The number of rotatable bonds is 7. The van der Waals surface area contributed by atoms with E-state index >= 15 is 0 Å². The van der Waals surface area contributed by atoms with Crippen molar-refractivity contribution in [3.8, 4) is 5.75 Å². The van der Waals surface area contributed by atoms with E-state index in [1.807, 2.05) is 42.5 Å². The fourth-order valence-corrected chi connectivity index (χ4v) is 4.07. The van der Waals surface area contributed by atoms with E-state index in [0.29, 0.717) is 6.61 Å². The average Bonchev–Trinajstić information content (AvgIpc) is 3.30. The molecule has 0 saturated carbocycles. The van der Waals surface area contributed by atoms with Gasteiger partial charge in [0.25, 0.3) is 0 Å². The molecule has 30 heavy (non-hydrogen) atoms. The number of likely N-dealkylation sites (tertiary alicyclic amines) is 1. The summed E-state index contributed by atoms with van der Waals surface area (Å²) in [4.78, 5) is 2.45. The van der Waals surface area contributed by atoms with Gasteiger partial charge in [0.15, 0.2) is 0 Å². The molecule has 0 N–H and O–H groups in total. The lowest BCUT2D eigenvalue weighted by Gasteiger charge is -2.16. The van der Waals surface area contributed by atoms with E-state index in [1.165, 1.54) is 38.1 Å². The highest BCUT2D eigenvalue weighted by atomic mass is 19.1. The smallest absolute Gasteiger partial charge is 0.123 e. The standard InChI is InChI=1S/C27H28FNO/c1-21(22-7-3-2-4-8-22)27(23-9-13-25(28)14-10-23)24-11-15-26(16-12-24)30-20-19-29-17-5-6-18-29/h2-4,7-16H,5-6,17-20H2,1H3. The molecule has 0 radical (unpaired) electrons. The van der Waals surface area contributed by atoms with Crippen LogP contribution in [0.3, 0.4) is 0 Å². The highest BCUT2D eigenvalue weighted by molar-refractivity contribution is 5.97. The molecular weight excluding hydrogens is 373 g/mol. The van der Waals surface area contributed by atoms with Gasteiger partial charge in [0.2, 0.25) is 0 Å². The van der Waals surface area contributed by atoms with Gasteiger partial charge in [0.1, 0.15) is 18.2 Å². The molecule has 2 nitrogen and oxygen atoms in total. The highest BCUT2D eigenvalue weighted by Crippen LogP contribution is 2.33. The molecule has 0 unspecified atom stereocenters. The Balaban J connectivity index is 1.58. The van der Waals surface area contributed by atoms with E-state index in [2.05, 4.69) is 36.1 Å². The van der Waals surface area contributed by atoms with Gasteiger partial charge in [-0.1, -0.05) is 54.6 Å². The topological polar surface area (TPSA) is 12.5 Å². The summed E-state index contributed by atoms with van der Waals surface area (Å²) in [6.07, 6.45) is 2.60. The molecule has 1 fully saturated rings. The Hall–Kier alpha value is -2.91. The summed E-state index contributed by atoms with van der Waals surface area (Å²) in [6.45, 7) is 6.19. The minimum atomic E-state index is -0.225. The van der Waals surface area contributed by atoms with Crippen LogP contribution in [0.5, 0.6) is 5.75 Å². The molecule has 4 rings (SSSR count). The second-order valence-electron chi connectivity index (χ2n) is 7.79. The zero-order valence-corrected chi connectivity index (χ0v) is 17.5. The number of allylic oxidation sites excluding steroid dienone is 1. The van der Waals surface area contributed by atoms with Crippen LogP contribution in [0.25, 0.3) is 11.1 Å². The molecule has 154 valence electrons. The first-order valence-corrected chi connectivity index (χ1v) is 10.7. The SMILES string of the molecule is CC(=C(c1ccc(F)cc1)c1ccc(OCCN2CCCC2)cc1)c1ccccc1. The maximum Gasteiger partial charge on any atom is 0.123 e. The van der Waals surface area contributed by atoms with Crippen LogP contribution >= 0.6 is 0 Å². The maximum absolute atomic E-state index is 13.5. The van der Waals surface area contributed by atoms with E-state index in [4.69, 9.17) is 4.74 Å². The summed E-state index contributed by atoms with van der Waals surface area (Å²) in [5.74, 6) is 0.658. The van der Waals surface area contributed by atoms with Crippen molar-refractivity contribution in [3.63, 3.8) is 0 Å². The largest absolute Gasteiger partial charge is 0.492 e. The van der Waals surface area contributed by atoms with Gasteiger partial charge in [-0.15, -0.1) is 0 Å². The van der Waals surface area contributed by atoms with Crippen molar-refractivity contribution in [1.82, 2.24) is 4.90 Å². The second-order valence-corrected chi connectivity index (χ2v) is 7.79. The summed E-state index contributed by atoms with van der Waals surface area (Å²) < 4.78 is 19.5. The molecule has 1 heterocycles. The number of hydrogen-bond acceptors (Lipinski definition) is 2. The van der Waals surface area contributed by atoms with Crippen LogP contribution in [-0.2, 0) is 0 Å². The molecule has 0 bridgehead atoms. The Kier molecular flexibility index (Phi) is 6.60. The maximum atomic E-state index is 13.5. The van der Waals surface area contributed by atoms with E-state index in [-0.39, 0.29) is 5.82 Å². The van der Waals surface area contributed by atoms with Crippen LogP contribution in [0.2, 0.25) is 0 Å². The van der Waals surface area contributed by atoms with E-state index in [1.54, 1.807) is 0 Å². The Morgan fingerprint density at radius 3 is 2.03 bits per heavy atom. The van der Waals surface area contributed by atoms with Crippen LogP contribution in [0, 0.1) is 5.82 Å². The summed E-state index contributed by atoms with van der Waals surface area (Å²) in [6, 6.07) is 25.3. The second kappa shape index (κ2) is 9.73. The molecular formula is C27H28FNO. The number of nitrogens with zero attached hydrogens (tertiary/aromatic N) is 1. The molecule has 0 spiro atoms. The molecule has 3 heteroatoms. The van der Waals surface area contributed by atoms with Crippen molar-refractivity contribution in [2.24, 2.45) is 0 Å². The third-order valence-corrected chi connectivity index (χ3v) is 5.73. The van der Waals surface area contributed by atoms with Gasteiger partial charge < -0.3 is 4.74 Å². The van der Waals surface area contributed by atoms with E-state index in [0.717, 1.165) is 40.1 Å². The van der Waals surface area contributed by atoms with Crippen molar-refractivity contribution in [2.45, 2.75) is 19.8 Å². The molecule has 0 aliphatic carbocycles. The fraction of sp³-hybridized carbons (Fsp3) is 0.259. The average molecular weight is 402 g/mol. The van der Waals surface area contributed by atoms with Gasteiger partial charge in [0, 0.05) is 6.54 Å². The highest BCUT2D eigenvalue weighted by Gasteiger charge is 2.13. The predicted octanol–water partition coefficient (Wildman–Crippen LogP) is 6.28. The minimum absolute atomic E-state index is 0.225. The third-order valence-electron chi connectivity index (χ3n) is 5.73. The Bertz CT molecular complexity index is 972. The summed E-state index contributed by atoms with van der Waals surface area (Å²) in [5.41, 5.74) is 5.51. The zero-order valence-electron chi connectivity index (χ0n) is 17.5. The van der Waals surface area contributed by atoms with Crippen molar-refractivity contribution < 1.29 is 9.13 Å². The molecule has 1 aliphatic rings. The van der Waals surface area contributed by atoms with Gasteiger partial charge in [-0.3, -0.25) is 4.90 Å². The molecule has 1 saturated heterocycles. The summed E-state index contributed by atoms with van der Waals surface area (Å²) in [7, 11) is 0. The van der Waals surface area contributed by atoms with Crippen molar-refractivity contribution in [2.75, 3.05) is 26.2 Å². The molecule has 0 amide bonds. The molecule has 0 atom stereocenters.